The highest BCUT2D eigenvalue weighted by molar-refractivity contribution is 6.04. The number of primary amides is 1. The summed E-state index contributed by atoms with van der Waals surface area (Å²) in [5.74, 6) is -3.12. The molecule has 3 aromatic carbocycles. The number of carbonyl (C=O) groups excluding carboxylic acids is 5. The van der Waals surface area contributed by atoms with Gasteiger partial charge in [-0.25, -0.2) is 4.79 Å². The Morgan fingerprint density at radius 2 is 1.29 bits per heavy atom. The number of nitrogens with zero attached hydrogens (tertiary/aromatic N) is 1. The molecule has 4 aromatic rings. The number of ether oxygens (including phenoxy) is 1. The molecular weight excluding hydrogens is 702 g/mol. The second-order valence-corrected chi connectivity index (χ2v) is 13.9. The molecule has 0 aliphatic heterocycles. The summed E-state index contributed by atoms with van der Waals surface area (Å²) in [4.78, 5) is 74.5. The van der Waals surface area contributed by atoms with Gasteiger partial charge < -0.3 is 48.2 Å². The summed E-state index contributed by atoms with van der Waals surface area (Å²) in [6.07, 6.45) is 2.77. The van der Waals surface area contributed by atoms with Gasteiger partial charge in [0.05, 0.1) is 0 Å². The number of para-hydroxylation sites is 1. The Hall–Kier alpha value is -6.64. The van der Waals surface area contributed by atoms with Crippen LogP contribution in [-0.2, 0) is 36.8 Å². The number of alkyl carbamates (subject to hydrolysis) is 1. The number of H-pyrrole nitrogens is 1. The molecule has 290 valence electrons. The zero-order valence-corrected chi connectivity index (χ0v) is 31.1. The number of aromatic nitrogens is 1. The number of guanidine groups is 1. The van der Waals surface area contributed by atoms with Gasteiger partial charge in [-0.1, -0.05) is 78.9 Å². The van der Waals surface area contributed by atoms with E-state index in [4.69, 9.17) is 21.9 Å². The molecule has 0 radical (unpaired) electrons. The number of aromatic amines is 1. The SMILES string of the molecule is CC(C)(C)OC(=O)N[C@@H](Cc1ccccc1)C(=O)N[C@H](CCCN=C(N)N)C(=O)N[C@@H](Cc1ccccc1)C(=O)N/C(=C/c1c[nH]c2ccccc12)C(N)=O. The van der Waals surface area contributed by atoms with Crippen molar-refractivity contribution in [2.24, 2.45) is 22.2 Å². The molecule has 55 heavy (non-hydrogen) atoms. The molecule has 15 heteroatoms. The first-order valence-corrected chi connectivity index (χ1v) is 17.8. The van der Waals surface area contributed by atoms with Gasteiger partial charge in [0, 0.05) is 42.0 Å². The largest absolute Gasteiger partial charge is 0.444 e. The molecule has 0 bridgehead atoms. The monoisotopic (exact) mass is 751 g/mol. The lowest BCUT2D eigenvalue weighted by Gasteiger charge is -2.26. The maximum absolute atomic E-state index is 14.1. The molecule has 0 spiro atoms. The number of carbonyl (C=O) groups is 5. The number of amides is 5. The molecule has 15 nitrogen and oxygen atoms in total. The van der Waals surface area contributed by atoms with E-state index in [1.165, 1.54) is 6.08 Å². The number of nitrogens with one attached hydrogen (secondary N) is 5. The summed E-state index contributed by atoms with van der Waals surface area (Å²) in [5, 5.41) is 11.5. The smallest absolute Gasteiger partial charge is 0.408 e. The molecule has 0 saturated heterocycles. The second-order valence-electron chi connectivity index (χ2n) is 13.9. The molecular formula is C40H49N9O6. The lowest BCUT2D eigenvalue weighted by Crippen LogP contribution is -2.57. The van der Waals surface area contributed by atoms with Gasteiger partial charge in [-0.2, -0.15) is 0 Å². The topological polar surface area (TPSA) is 249 Å². The number of hydrogen-bond donors (Lipinski definition) is 8. The molecule has 0 aliphatic rings. The summed E-state index contributed by atoms with van der Waals surface area (Å²) in [7, 11) is 0. The summed E-state index contributed by atoms with van der Waals surface area (Å²) in [6, 6.07) is 21.8. The van der Waals surface area contributed by atoms with Crippen molar-refractivity contribution < 1.29 is 28.7 Å². The Labute approximate surface area is 319 Å². The van der Waals surface area contributed by atoms with E-state index in [2.05, 4.69) is 31.2 Å². The van der Waals surface area contributed by atoms with E-state index in [0.717, 1.165) is 16.5 Å². The maximum atomic E-state index is 14.1. The fraction of sp³-hybridized carbons (Fsp3) is 0.300. The van der Waals surface area contributed by atoms with Crippen LogP contribution in [0.25, 0.3) is 17.0 Å². The van der Waals surface area contributed by atoms with E-state index in [1.54, 1.807) is 75.5 Å². The molecule has 3 atom stereocenters. The molecule has 0 aliphatic carbocycles. The molecule has 1 aromatic heterocycles. The summed E-state index contributed by atoms with van der Waals surface area (Å²) < 4.78 is 5.42. The highest BCUT2D eigenvalue weighted by Crippen LogP contribution is 2.20. The quantitative estimate of drug-likeness (QED) is 0.0344. The van der Waals surface area contributed by atoms with Crippen LogP contribution < -0.4 is 38.5 Å². The predicted octanol–water partition coefficient (Wildman–Crippen LogP) is 2.51. The van der Waals surface area contributed by atoms with Crippen molar-refractivity contribution in [1.29, 1.82) is 0 Å². The number of nitrogens with two attached hydrogens (primary N) is 3. The number of rotatable bonds is 17. The highest BCUT2D eigenvalue weighted by atomic mass is 16.6. The Balaban J connectivity index is 1.61. The first-order chi connectivity index (χ1) is 26.2. The second kappa shape index (κ2) is 19.4. The van der Waals surface area contributed by atoms with Gasteiger partial charge in [-0.3, -0.25) is 24.2 Å². The summed E-state index contributed by atoms with van der Waals surface area (Å²) in [6.45, 7) is 5.24. The zero-order valence-electron chi connectivity index (χ0n) is 31.1. The number of benzene rings is 3. The fourth-order valence-electron chi connectivity index (χ4n) is 5.64. The van der Waals surface area contributed by atoms with E-state index in [1.807, 2.05) is 36.4 Å². The van der Waals surface area contributed by atoms with Crippen molar-refractivity contribution in [3.63, 3.8) is 0 Å². The van der Waals surface area contributed by atoms with Crippen LogP contribution in [0.1, 0.15) is 50.3 Å². The number of aliphatic imine (C=N–C) groups is 1. The minimum atomic E-state index is -1.22. The third kappa shape index (κ3) is 13.4. The van der Waals surface area contributed by atoms with Gasteiger partial charge in [0.15, 0.2) is 5.96 Å². The highest BCUT2D eigenvalue weighted by Gasteiger charge is 2.31. The molecule has 1 heterocycles. The summed E-state index contributed by atoms with van der Waals surface area (Å²) in [5.41, 5.74) is 18.6. The fourth-order valence-corrected chi connectivity index (χ4v) is 5.64. The van der Waals surface area contributed by atoms with Crippen LogP contribution in [0.2, 0.25) is 0 Å². The number of hydrogen-bond acceptors (Lipinski definition) is 7. The van der Waals surface area contributed by atoms with E-state index < -0.39 is 53.4 Å². The molecule has 5 amide bonds. The molecule has 11 N–H and O–H groups in total. The van der Waals surface area contributed by atoms with Crippen LogP contribution in [0.4, 0.5) is 4.79 Å². The molecule has 4 rings (SSSR count). The van der Waals surface area contributed by atoms with E-state index in [9.17, 15) is 24.0 Å². The van der Waals surface area contributed by atoms with Crippen LogP contribution in [-0.4, -0.2) is 70.9 Å². The van der Waals surface area contributed by atoms with Crippen molar-refractivity contribution in [1.82, 2.24) is 26.3 Å². The Morgan fingerprint density at radius 1 is 0.745 bits per heavy atom. The summed E-state index contributed by atoms with van der Waals surface area (Å²) >= 11 is 0. The maximum Gasteiger partial charge on any atom is 0.408 e. The van der Waals surface area contributed by atoms with Gasteiger partial charge in [-0.05, 0) is 56.9 Å². The molecule has 0 fully saturated rings. The van der Waals surface area contributed by atoms with E-state index in [0.29, 0.717) is 11.1 Å². The van der Waals surface area contributed by atoms with Crippen molar-refractivity contribution >= 4 is 52.7 Å². The predicted molar refractivity (Wildman–Crippen MR) is 211 cm³/mol. The normalized spacial score (nSPS) is 13.1. The average Bonchev–Trinajstić information content (AvgIpc) is 3.54. The Bertz CT molecular complexity index is 2000. The average molecular weight is 752 g/mol. The lowest BCUT2D eigenvalue weighted by molar-refractivity contribution is -0.132. The van der Waals surface area contributed by atoms with E-state index >= 15 is 0 Å². The van der Waals surface area contributed by atoms with Gasteiger partial charge in [0.1, 0.15) is 29.4 Å². The van der Waals surface area contributed by atoms with Crippen molar-refractivity contribution in [2.75, 3.05) is 6.54 Å². The van der Waals surface area contributed by atoms with Crippen LogP contribution in [0.15, 0.2) is 102 Å². The third-order valence-corrected chi connectivity index (χ3v) is 8.23. The van der Waals surface area contributed by atoms with Crippen LogP contribution in [0.5, 0.6) is 0 Å². The van der Waals surface area contributed by atoms with Crippen LogP contribution in [0, 0.1) is 0 Å². The van der Waals surface area contributed by atoms with Crippen molar-refractivity contribution in [3.05, 3.63) is 114 Å². The van der Waals surface area contributed by atoms with Gasteiger partial charge in [0.2, 0.25) is 17.7 Å². The van der Waals surface area contributed by atoms with Gasteiger partial charge in [0.25, 0.3) is 5.91 Å². The lowest BCUT2D eigenvalue weighted by atomic mass is 10.0. The Kier molecular flexibility index (Phi) is 14.5. The standard InChI is InChI=1S/C40H49N9O6/c1-40(2,3)55-39(54)49-33(22-26-15-8-5-9-16-26)37(53)46-30(19-12-20-44-38(42)43)35(51)48-32(21-25-13-6-4-7-14-25)36(52)47-31(34(41)50)23-27-24-45-29-18-11-10-17-28(27)29/h4-11,13-18,23-24,30,32-33,45H,12,19-22H2,1-3H3,(H2,41,50)(H,46,53)(H,47,52)(H,48,51)(H,49,54)(H4,42,43,44)/b31-23+/t30-,32+,33+/m1/s1. The third-order valence-electron chi connectivity index (χ3n) is 8.23. The molecule has 0 saturated carbocycles. The van der Waals surface area contributed by atoms with Crippen LogP contribution in [0.3, 0.4) is 0 Å². The number of fused-ring (bicyclic) bond motifs is 1. The van der Waals surface area contributed by atoms with Gasteiger partial charge in [-0.15, -0.1) is 0 Å². The zero-order chi connectivity index (χ0) is 40.0. The minimum Gasteiger partial charge on any atom is -0.444 e. The van der Waals surface area contributed by atoms with Gasteiger partial charge >= 0.3 is 6.09 Å². The Morgan fingerprint density at radius 3 is 1.87 bits per heavy atom. The first kappa shape index (κ1) is 41.1. The first-order valence-electron chi connectivity index (χ1n) is 17.8. The molecule has 0 unspecified atom stereocenters. The van der Waals surface area contributed by atoms with Crippen LogP contribution >= 0.6 is 0 Å². The van der Waals surface area contributed by atoms with Crippen molar-refractivity contribution in [2.45, 2.75) is 70.2 Å². The van der Waals surface area contributed by atoms with E-state index in [-0.39, 0.29) is 43.9 Å². The van der Waals surface area contributed by atoms with Crippen molar-refractivity contribution in [3.8, 4) is 0 Å². The minimum absolute atomic E-state index is 0.0308.